The summed E-state index contributed by atoms with van der Waals surface area (Å²) >= 11 is 0. The highest BCUT2D eigenvalue weighted by molar-refractivity contribution is 7.35. The van der Waals surface area contributed by atoms with Crippen LogP contribution in [0.3, 0.4) is 0 Å². The molecule has 2 N–H and O–H groups in total. The second-order valence-corrected chi connectivity index (χ2v) is 6.65. The maximum Gasteiger partial charge on any atom is 0.293 e. The number of nitrogens with one attached hydrogen (secondary N) is 2. The predicted molar refractivity (Wildman–Crippen MR) is 124 cm³/mol. The number of pyridine rings is 1. The van der Waals surface area contributed by atoms with Gasteiger partial charge < -0.3 is 14.9 Å². The third-order valence-corrected chi connectivity index (χ3v) is 4.58. The monoisotopic (exact) mass is 440 g/mol. The zero-order valence-electron chi connectivity index (χ0n) is 17.4. The number of terminal acetylenes is 1. The summed E-state index contributed by atoms with van der Waals surface area (Å²) in [7, 11) is 4.04. The second kappa shape index (κ2) is 13.7. The summed E-state index contributed by atoms with van der Waals surface area (Å²) < 4.78 is 8.72. The Morgan fingerprint density at radius 2 is 2.13 bits per heavy atom. The molecule has 1 atom stereocenters. The smallest absolute Gasteiger partial charge is 0.293 e. The van der Waals surface area contributed by atoms with Crippen LogP contribution in [0.15, 0.2) is 58.4 Å². The summed E-state index contributed by atoms with van der Waals surface area (Å²) in [6.07, 6.45) is 5.32. The molecule has 2 aromatic rings. The highest BCUT2D eigenvalue weighted by Crippen LogP contribution is 2.18. The molecule has 0 radical (unpaired) electrons. The van der Waals surface area contributed by atoms with E-state index in [1.54, 1.807) is 0 Å². The first-order chi connectivity index (χ1) is 15.2. The maximum absolute atomic E-state index is 9.39. The Hall–Kier alpha value is -3.47. The second-order valence-electron chi connectivity index (χ2n) is 5.98. The van der Waals surface area contributed by atoms with E-state index in [0.29, 0.717) is 31.8 Å². The van der Waals surface area contributed by atoms with Gasteiger partial charge in [0.05, 0.1) is 14.6 Å². The Kier molecular flexibility index (Phi) is 10.5. The van der Waals surface area contributed by atoms with Gasteiger partial charge in [-0.15, -0.1) is 12.3 Å². The molecule has 162 valence electrons. The lowest BCUT2D eigenvalue weighted by molar-refractivity contribution is -0.128. The number of ether oxygens (including phenoxy) is 1. The molecule has 2 heterocycles. The number of amidine groups is 1. The molecular weight excluding hydrogens is 415 g/mol. The van der Waals surface area contributed by atoms with Gasteiger partial charge in [-0.3, -0.25) is 9.80 Å². The molecule has 1 unspecified atom stereocenters. The molecule has 0 spiro atoms. The van der Waals surface area contributed by atoms with Gasteiger partial charge in [-0.05, 0) is 12.1 Å². The quantitative estimate of drug-likeness (QED) is 0.154. The lowest BCUT2D eigenvalue weighted by atomic mass is 10.1. The van der Waals surface area contributed by atoms with Gasteiger partial charge in [-0.1, -0.05) is 41.6 Å². The van der Waals surface area contributed by atoms with Crippen molar-refractivity contribution in [3.05, 3.63) is 59.8 Å². The molecular formula is C21H25N6O3P. The summed E-state index contributed by atoms with van der Waals surface area (Å²) in [5, 5.41) is 12.3. The van der Waals surface area contributed by atoms with E-state index in [4.69, 9.17) is 11.3 Å². The third kappa shape index (κ3) is 8.05. The number of rotatable bonds is 9. The number of aromatic nitrogens is 1. The first kappa shape index (κ1) is 23.8. The van der Waals surface area contributed by atoms with Crippen molar-refractivity contribution in [3.8, 4) is 12.3 Å². The van der Waals surface area contributed by atoms with Crippen molar-refractivity contribution in [2.45, 2.75) is 13.0 Å². The average molecular weight is 440 g/mol. The van der Waals surface area contributed by atoms with Gasteiger partial charge in [0.25, 0.3) is 6.47 Å². The number of hydrogen-bond donors (Lipinski definition) is 2. The Labute approximate surface area is 183 Å². The van der Waals surface area contributed by atoms with Crippen LogP contribution >= 0.6 is 8.88 Å². The zero-order chi connectivity index (χ0) is 22.3. The Bertz CT molecular complexity index is 930. The molecule has 1 aliphatic rings. The minimum absolute atomic E-state index is 0.290. The minimum atomic E-state index is 0.290. The molecule has 10 heteroatoms. The van der Waals surface area contributed by atoms with Gasteiger partial charge in [-0.2, -0.15) is 5.20 Å². The summed E-state index contributed by atoms with van der Waals surface area (Å²) in [5.41, 5.74) is 2.45. The fourth-order valence-corrected chi connectivity index (χ4v) is 3.01. The molecule has 0 saturated carbocycles. The van der Waals surface area contributed by atoms with Crippen LogP contribution in [0.25, 0.3) is 0 Å². The largest absolute Gasteiger partial charge is 0.467 e. The van der Waals surface area contributed by atoms with Crippen molar-refractivity contribution < 1.29 is 14.4 Å². The average Bonchev–Trinajstić information content (AvgIpc) is 3.24. The van der Waals surface area contributed by atoms with E-state index in [9.17, 15) is 4.79 Å². The molecule has 0 amide bonds. The van der Waals surface area contributed by atoms with Crippen molar-refractivity contribution in [3.63, 3.8) is 0 Å². The number of hydrogen-bond acceptors (Lipinski definition) is 9. The Balaban J connectivity index is 0.000000423. The van der Waals surface area contributed by atoms with E-state index in [1.165, 1.54) is 0 Å². The van der Waals surface area contributed by atoms with Crippen molar-refractivity contribution in [1.82, 2.24) is 15.2 Å². The van der Waals surface area contributed by atoms with E-state index in [2.05, 4.69) is 36.1 Å². The van der Waals surface area contributed by atoms with Gasteiger partial charge in [0.1, 0.15) is 12.4 Å². The number of hydrazine groups is 1. The number of oxime groups is 1. The van der Waals surface area contributed by atoms with Crippen LogP contribution < -0.4 is 10.5 Å². The van der Waals surface area contributed by atoms with Crippen LogP contribution in [-0.2, 0) is 21.0 Å². The number of likely N-dealkylation sites (N-methyl/N-ethyl adjacent to an activating group) is 1. The third-order valence-electron chi connectivity index (χ3n) is 3.82. The minimum Gasteiger partial charge on any atom is -0.467 e. The summed E-state index contributed by atoms with van der Waals surface area (Å²) in [6.45, 7) is 1.01. The molecule has 9 nitrogen and oxygen atoms in total. The van der Waals surface area contributed by atoms with Crippen molar-refractivity contribution in [2.24, 2.45) is 9.92 Å². The first-order valence-corrected chi connectivity index (χ1v) is 10.3. The number of carbonyl (C=O) groups is 1. The van der Waals surface area contributed by atoms with Gasteiger partial charge >= 0.3 is 0 Å². The van der Waals surface area contributed by atoms with Crippen molar-refractivity contribution in [2.75, 3.05) is 26.0 Å². The van der Waals surface area contributed by atoms with E-state index >= 15 is 0 Å². The number of nitrogens with zero attached hydrogens (tertiary/aromatic N) is 4. The van der Waals surface area contributed by atoms with Crippen LogP contribution in [0.4, 0.5) is 5.82 Å². The fraction of sp³-hybridized carbons (Fsp3) is 0.238. The number of anilines is 1. The predicted octanol–water partition coefficient (Wildman–Crippen LogP) is 2.58. The van der Waals surface area contributed by atoms with Gasteiger partial charge in [-0.25, -0.2) is 9.75 Å². The molecule has 1 aromatic heterocycles. The Morgan fingerprint density at radius 1 is 1.32 bits per heavy atom. The van der Waals surface area contributed by atoms with Gasteiger partial charge in [0.2, 0.25) is 0 Å². The lowest BCUT2D eigenvalue weighted by Crippen LogP contribution is -2.35. The van der Waals surface area contributed by atoms with Crippen LogP contribution in [0.5, 0.6) is 0 Å². The van der Waals surface area contributed by atoms with Crippen molar-refractivity contribution in [1.29, 1.82) is 0 Å². The molecule has 31 heavy (non-hydrogen) atoms. The highest BCUT2D eigenvalue weighted by Gasteiger charge is 2.21. The van der Waals surface area contributed by atoms with Crippen LogP contribution in [-0.4, -0.2) is 48.7 Å². The van der Waals surface area contributed by atoms with Crippen LogP contribution in [0.1, 0.15) is 17.7 Å². The van der Waals surface area contributed by atoms with E-state index in [0.717, 1.165) is 22.9 Å². The lowest BCUT2D eigenvalue weighted by Gasteiger charge is -2.15. The zero-order valence-corrected chi connectivity index (χ0v) is 18.4. The summed E-state index contributed by atoms with van der Waals surface area (Å²) in [5.74, 6) is 3.88. The molecule has 0 aliphatic carbocycles. The van der Waals surface area contributed by atoms with Crippen molar-refractivity contribution >= 4 is 32.7 Å². The molecule has 3 rings (SSSR count). The van der Waals surface area contributed by atoms with Gasteiger partial charge in [0, 0.05) is 26.1 Å². The van der Waals surface area contributed by atoms with Gasteiger partial charge in [0.15, 0.2) is 18.2 Å². The molecule has 0 saturated heterocycles. The number of carbonyl (C=O) groups excluding carboxylic acids is 1. The molecule has 1 aromatic carbocycles. The fourth-order valence-electron chi connectivity index (χ4n) is 2.34. The van der Waals surface area contributed by atoms with Crippen LogP contribution in [0.2, 0.25) is 0 Å². The molecule has 1 aliphatic heterocycles. The summed E-state index contributed by atoms with van der Waals surface area (Å²) in [4.78, 5) is 19.4. The van der Waals surface area contributed by atoms with Crippen LogP contribution in [0, 0.1) is 12.3 Å². The topological polar surface area (TPSA) is 100 Å². The standard InChI is InChI=1S/C16H19N6OP.C5H6O2/c1-17-14-10-6-9-13(18-14)11-23-19-15(12-7-4-3-5-8-12)16-20-24-21-22(16)2;1-2-3-4-7-5-6/h3-10,21,24H,11H2,1-2H3,(H,17,18);1,5H,3-4H2/b19-15-;. The maximum atomic E-state index is 9.39. The first-order valence-electron chi connectivity index (χ1n) is 9.39. The highest BCUT2D eigenvalue weighted by atomic mass is 31.1. The molecule has 0 bridgehead atoms. The normalized spacial score (nSPS) is 13.5. The number of benzene rings is 1. The van der Waals surface area contributed by atoms with E-state index in [1.807, 2.05) is 67.6 Å². The Morgan fingerprint density at radius 3 is 2.77 bits per heavy atom. The SMILES string of the molecule is C#CCCOC=O.CNc1cccc(CO/N=C(\C2=NPNN2C)c2ccccc2)n1. The summed E-state index contributed by atoms with van der Waals surface area (Å²) in [6, 6.07) is 15.6. The molecule has 0 fully saturated rings. The van der Waals surface area contributed by atoms with E-state index < -0.39 is 0 Å². The van der Waals surface area contributed by atoms with E-state index in [-0.39, 0.29) is 8.88 Å².